The summed E-state index contributed by atoms with van der Waals surface area (Å²) in [6.45, 7) is 6.95. The first kappa shape index (κ1) is 18.5. The van der Waals surface area contributed by atoms with Crippen LogP contribution in [-0.2, 0) is 14.4 Å². The maximum absolute atomic E-state index is 12.2. The number of carbonyl (C=O) groups excluding carboxylic acids is 2. The molecule has 0 spiro atoms. The van der Waals surface area contributed by atoms with Gasteiger partial charge in [0.25, 0.3) is 0 Å². The third kappa shape index (κ3) is 5.31. The lowest BCUT2D eigenvalue weighted by atomic mass is 9.94. The molecule has 6 nitrogen and oxygen atoms in total. The molecular formula is C16H28N2O4. The van der Waals surface area contributed by atoms with E-state index >= 15 is 0 Å². The second kappa shape index (κ2) is 7.61. The fraction of sp³-hybridized carbons (Fsp3) is 0.812. The van der Waals surface area contributed by atoms with E-state index in [2.05, 4.69) is 10.6 Å². The van der Waals surface area contributed by atoms with Gasteiger partial charge in [-0.15, -0.1) is 0 Å². The molecule has 0 bridgehead atoms. The predicted octanol–water partition coefficient (Wildman–Crippen LogP) is 1.69. The van der Waals surface area contributed by atoms with E-state index in [0.29, 0.717) is 12.8 Å². The highest BCUT2D eigenvalue weighted by Crippen LogP contribution is 2.24. The number of carbonyl (C=O) groups is 3. The fourth-order valence-corrected chi connectivity index (χ4v) is 2.56. The van der Waals surface area contributed by atoms with Gasteiger partial charge in [0.1, 0.15) is 6.04 Å². The van der Waals surface area contributed by atoms with Crippen LogP contribution in [0.15, 0.2) is 0 Å². The average molecular weight is 312 g/mol. The van der Waals surface area contributed by atoms with E-state index in [4.69, 9.17) is 0 Å². The molecule has 0 aromatic carbocycles. The Kier molecular flexibility index (Phi) is 6.38. The van der Waals surface area contributed by atoms with Crippen LogP contribution >= 0.6 is 0 Å². The van der Waals surface area contributed by atoms with E-state index in [1.165, 1.54) is 0 Å². The van der Waals surface area contributed by atoms with Crippen LogP contribution in [0.4, 0.5) is 0 Å². The average Bonchev–Trinajstić information content (AvgIpc) is 2.62. The highest BCUT2D eigenvalue weighted by Gasteiger charge is 2.32. The SMILES string of the molecule is CC(NC(=O)C(C)(C)C)C(=O)N[C@H]1CCCCC[C@H]1C(=O)O. The smallest absolute Gasteiger partial charge is 0.308 e. The highest BCUT2D eigenvalue weighted by atomic mass is 16.4. The van der Waals surface area contributed by atoms with Gasteiger partial charge in [0.2, 0.25) is 11.8 Å². The number of nitrogens with one attached hydrogen (secondary N) is 2. The zero-order valence-electron chi connectivity index (χ0n) is 13.9. The van der Waals surface area contributed by atoms with Crippen LogP contribution in [0.3, 0.4) is 0 Å². The number of amides is 2. The molecule has 0 radical (unpaired) electrons. The first-order valence-electron chi connectivity index (χ1n) is 7.97. The summed E-state index contributed by atoms with van der Waals surface area (Å²) in [5.74, 6) is -1.93. The molecule has 1 aliphatic rings. The second-order valence-electron chi connectivity index (χ2n) is 7.14. The Labute approximate surface area is 132 Å². The summed E-state index contributed by atoms with van der Waals surface area (Å²) in [6.07, 6.45) is 4.04. The van der Waals surface area contributed by atoms with Gasteiger partial charge in [-0.3, -0.25) is 14.4 Å². The number of rotatable bonds is 4. The van der Waals surface area contributed by atoms with Gasteiger partial charge in [0, 0.05) is 11.5 Å². The molecular weight excluding hydrogens is 284 g/mol. The van der Waals surface area contributed by atoms with Crippen LogP contribution in [0.2, 0.25) is 0 Å². The lowest BCUT2D eigenvalue weighted by Gasteiger charge is -2.26. The van der Waals surface area contributed by atoms with E-state index in [1.54, 1.807) is 27.7 Å². The van der Waals surface area contributed by atoms with Gasteiger partial charge in [-0.2, -0.15) is 0 Å². The van der Waals surface area contributed by atoms with Crippen molar-refractivity contribution in [2.24, 2.45) is 11.3 Å². The molecule has 1 aliphatic carbocycles. The summed E-state index contributed by atoms with van der Waals surface area (Å²) in [4.78, 5) is 35.5. The van der Waals surface area contributed by atoms with Gasteiger partial charge in [-0.05, 0) is 19.8 Å². The Balaban J connectivity index is 2.64. The molecule has 1 saturated carbocycles. The van der Waals surface area contributed by atoms with Crippen molar-refractivity contribution in [3.05, 3.63) is 0 Å². The van der Waals surface area contributed by atoms with Crippen molar-refractivity contribution in [3.8, 4) is 0 Å². The van der Waals surface area contributed by atoms with Gasteiger partial charge in [0.15, 0.2) is 0 Å². The summed E-state index contributed by atoms with van der Waals surface area (Å²) in [5, 5.41) is 14.8. The van der Waals surface area contributed by atoms with E-state index < -0.39 is 23.3 Å². The van der Waals surface area contributed by atoms with Crippen molar-refractivity contribution in [3.63, 3.8) is 0 Å². The minimum atomic E-state index is -0.862. The standard InChI is InChI=1S/C16H28N2O4/c1-10(17-15(22)16(2,3)4)13(19)18-12-9-7-5-6-8-11(12)14(20)21/h10-12H,5-9H2,1-4H3,(H,17,22)(H,18,19)(H,20,21)/t10?,11-,12+/m1/s1. The maximum Gasteiger partial charge on any atom is 0.308 e. The molecule has 0 saturated heterocycles. The first-order valence-corrected chi connectivity index (χ1v) is 7.97. The van der Waals surface area contributed by atoms with E-state index in [-0.39, 0.29) is 17.9 Å². The molecule has 0 aromatic rings. The van der Waals surface area contributed by atoms with Crippen LogP contribution in [0.1, 0.15) is 59.8 Å². The first-order chi connectivity index (χ1) is 10.1. The van der Waals surface area contributed by atoms with Gasteiger partial charge < -0.3 is 15.7 Å². The molecule has 0 heterocycles. The van der Waals surface area contributed by atoms with Gasteiger partial charge in [-0.25, -0.2) is 0 Å². The van der Waals surface area contributed by atoms with Gasteiger partial charge in [-0.1, -0.05) is 40.0 Å². The molecule has 2 amide bonds. The minimum Gasteiger partial charge on any atom is -0.481 e. The summed E-state index contributed by atoms with van der Waals surface area (Å²) in [5.41, 5.74) is -0.569. The van der Waals surface area contributed by atoms with Crippen molar-refractivity contribution < 1.29 is 19.5 Å². The number of hydrogen-bond donors (Lipinski definition) is 3. The highest BCUT2D eigenvalue weighted by molar-refractivity contribution is 5.89. The Bertz CT molecular complexity index is 428. The Morgan fingerprint density at radius 2 is 1.68 bits per heavy atom. The number of carboxylic acids is 1. The minimum absolute atomic E-state index is 0.203. The third-order valence-electron chi connectivity index (χ3n) is 4.08. The quantitative estimate of drug-likeness (QED) is 0.688. The van der Waals surface area contributed by atoms with Crippen molar-refractivity contribution in [2.75, 3.05) is 0 Å². The van der Waals surface area contributed by atoms with E-state index in [9.17, 15) is 19.5 Å². The van der Waals surface area contributed by atoms with Crippen molar-refractivity contribution in [1.82, 2.24) is 10.6 Å². The molecule has 3 N–H and O–H groups in total. The van der Waals surface area contributed by atoms with E-state index in [1.807, 2.05) is 0 Å². The zero-order chi connectivity index (χ0) is 16.9. The van der Waals surface area contributed by atoms with Crippen molar-refractivity contribution in [1.29, 1.82) is 0 Å². The summed E-state index contributed by atoms with van der Waals surface area (Å²) >= 11 is 0. The number of aliphatic carboxylic acids is 1. The Morgan fingerprint density at radius 1 is 1.09 bits per heavy atom. The topological polar surface area (TPSA) is 95.5 Å². The molecule has 0 aliphatic heterocycles. The molecule has 1 rings (SSSR count). The number of hydrogen-bond acceptors (Lipinski definition) is 3. The normalized spacial score (nSPS) is 24.0. The fourth-order valence-electron chi connectivity index (χ4n) is 2.56. The lowest BCUT2D eigenvalue weighted by Crippen LogP contribution is -2.52. The zero-order valence-corrected chi connectivity index (χ0v) is 13.9. The summed E-state index contributed by atoms with van der Waals surface area (Å²) in [7, 11) is 0. The monoisotopic (exact) mass is 312 g/mol. The lowest BCUT2D eigenvalue weighted by molar-refractivity contribution is -0.143. The molecule has 6 heteroatoms. The van der Waals surface area contributed by atoms with Crippen molar-refractivity contribution >= 4 is 17.8 Å². The maximum atomic E-state index is 12.2. The second-order valence-corrected chi connectivity index (χ2v) is 7.14. The molecule has 1 unspecified atom stereocenters. The van der Waals surface area contributed by atoms with Gasteiger partial charge in [0.05, 0.1) is 5.92 Å². The van der Waals surface area contributed by atoms with Crippen LogP contribution in [0.5, 0.6) is 0 Å². The summed E-state index contributed by atoms with van der Waals surface area (Å²) < 4.78 is 0. The largest absolute Gasteiger partial charge is 0.481 e. The molecule has 1 fully saturated rings. The Morgan fingerprint density at radius 3 is 2.23 bits per heavy atom. The van der Waals surface area contributed by atoms with Crippen LogP contribution in [-0.4, -0.2) is 35.0 Å². The molecule has 126 valence electrons. The van der Waals surface area contributed by atoms with E-state index in [0.717, 1.165) is 19.3 Å². The van der Waals surface area contributed by atoms with Gasteiger partial charge >= 0.3 is 5.97 Å². The van der Waals surface area contributed by atoms with Crippen molar-refractivity contribution in [2.45, 2.75) is 71.9 Å². The van der Waals surface area contributed by atoms with Crippen LogP contribution in [0, 0.1) is 11.3 Å². The van der Waals surface area contributed by atoms with Crippen LogP contribution < -0.4 is 10.6 Å². The summed E-state index contributed by atoms with van der Waals surface area (Å²) in [6, 6.07) is -1.04. The number of carboxylic acid groups (broad SMARTS) is 1. The molecule has 22 heavy (non-hydrogen) atoms. The Hall–Kier alpha value is -1.59. The third-order valence-corrected chi connectivity index (χ3v) is 4.08. The predicted molar refractivity (Wildman–Crippen MR) is 83.2 cm³/mol. The molecule has 0 aromatic heterocycles. The van der Waals surface area contributed by atoms with Crippen LogP contribution in [0.25, 0.3) is 0 Å². The molecule has 3 atom stereocenters.